The number of fused-ring (bicyclic) bond motifs is 4. The van der Waals surface area contributed by atoms with Gasteiger partial charge in [0.05, 0.1) is 55.1 Å². The predicted molar refractivity (Wildman–Crippen MR) is 200 cm³/mol. The Morgan fingerprint density at radius 2 is 1.22 bits per heavy atom. The summed E-state index contributed by atoms with van der Waals surface area (Å²) in [6.07, 6.45) is 2.19. The van der Waals surface area contributed by atoms with Gasteiger partial charge in [0, 0.05) is 67.2 Å². The summed E-state index contributed by atoms with van der Waals surface area (Å²) >= 11 is 0. The number of nitrogens with one attached hydrogen (secondary N) is 1. The van der Waals surface area contributed by atoms with Crippen LogP contribution in [-0.4, -0.2) is 117 Å². The van der Waals surface area contributed by atoms with Crippen LogP contribution in [0.4, 0.5) is 27.5 Å². The summed E-state index contributed by atoms with van der Waals surface area (Å²) in [6.45, 7) is 13.3. The molecule has 6 heterocycles. The van der Waals surface area contributed by atoms with Gasteiger partial charge in [-0.3, -0.25) is 4.90 Å². The van der Waals surface area contributed by atoms with Crippen molar-refractivity contribution in [2.75, 3.05) is 109 Å². The summed E-state index contributed by atoms with van der Waals surface area (Å²) in [5.41, 5.74) is 5.80. The summed E-state index contributed by atoms with van der Waals surface area (Å²) in [7, 11) is -5.82. The molecule has 2 aromatic rings. The second kappa shape index (κ2) is 13.7. The van der Waals surface area contributed by atoms with Crippen LogP contribution in [0.3, 0.4) is 0 Å². The van der Waals surface area contributed by atoms with Gasteiger partial charge < -0.3 is 29.3 Å². The fraction of sp³-hybridized carbons (Fsp3) is 0.649. The van der Waals surface area contributed by atoms with Crippen LogP contribution in [0.5, 0.6) is 0 Å². The van der Waals surface area contributed by atoms with Gasteiger partial charge in [0.1, 0.15) is 25.3 Å². The van der Waals surface area contributed by atoms with E-state index in [1.165, 1.54) is 16.9 Å². The molecule has 0 saturated carbocycles. The number of carbonyl (C=O) groups is 1. The van der Waals surface area contributed by atoms with Crippen molar-refractivity contribution in [2.45, 2.75) is 62.9 Å². The molecule has 0 bridgehead atoms. The molecule has 2 spiro atoms. The third-order valence-electron chi connectivity index (χ3n) is 11.4. The van der Waals surface area contributed by atoms with E-state index in [2.05, 4.69) is 51.5 Å². The van der Waals surface area contributed by atoms with E-state index in [9.17, 15) is 21.6 Å². The second-order valence-corrected chi connectivity index (χ2v) is 20.5. The zero-order valence-corrected chi connectivity index (χ0v) is 31.7. The minimum atomic E-state index is -3.00. The van der Waals surface area contributed by atoms with Crippen molar-refractivity contribution in [3.8, 4) is 0 Å². The Hall–Kier alpha value is -3.07. The molecule has 0 radical (unpaired) electrons. The average molecular weight is 745 g/mol. The van der Waals surface area contributed by atoms with Crippen LogP contribution >= 0.6 is 0 Å². The summed E-state index contributed by atoms with van der Waals surface area (Å²) in [4.78, 5) is 19.3. The normalized spacial score (nSPS) is 24.3. The smallest absolute Gasteiger partial charge is 0.414 e. The van der Waals surface area contributed by atoms with Gasteiger partial charge in [-0.1, -0.05) is 12.1 Å². The Labute approximate surface area is 302 Å². The Kier molecular flexibility index (Phi) is 9.77. The van der Waals surface area contributed by atoms with E-state index in [1.807, 2.05) is 20.8 Å². The molecule has 6 aliphatic heterocycles. The lowest BCUT2D eigenvalue weighted by atomic mass is 9.77. The van der Waals surface area contributed by atoms with E-state index in [4.69, 9.17) is 14.2 Å². The zero-order chi connectivity index (χ0) is 36.1. The number of benzene rings is 2. The van der Waals surface area contributed by atoms with E-state index >= 15 is 0 Å². The predicted octanol–water partition coefficient (Wildman–Crippen LogP) is 4.12. The first kappa shape index (κ1) is 36.3. The lowest BCUT2D eigenvalue weighted by Crippen LogP contribution is -2.43. The summed E-state index contributed by atoms with van der Waals surface area (Å²) in [5.74, 6) is 0.971. The minimum Gasteiger partial charge on any atom is -0.443 e. The molecule has 4 saturated heterocycles. The van der Waals surface area contributed by atoms with Gasteiger partial charge in [0.15, 0.2) is 0 Å². The number of morpholine rings is 2. The van der Waals surface area contributed by atoms with Crippen molar-refractivity contribution in [3.05, 3.63) is 47.5 Å². The lowest BCUT2D eigenvalue weighted by Gasteiger charge is -2.34. The lowest BCUT2D eigenvalue weighted by molar-refractivity contribution is 0.0577. The van der Waals surface area contributed by atoms with Crippen molar-refractivity contribution < 1.29 is 35.8 Å². The van der Waals surface area contributed by atoms with Gasteiger partial charge >= 0.3 is 6.09 Å². The molecular formula is C37H52N4O8S2. The highest BCUT2D eigenvalue weighted by Crippen LogP contribution is 2.49. The maximum Gasteiger partial charge on any atom is 0.414 e. The van der Waals surface area contributed by atoms with Crippen molar-refractivity contribution in [3.63, 3.8) is 0 Å². The number of carbonyl (C=O) groups excluding carboxylic acids is 1. The SMILES string of the molecule is CC(C)(C)OC(=O)N1CC2(CCS(=O)(=O)CC2)c2ccc(N3CCOCC3)cc21.O=S1(=O)CCC2(CC1)CNc1cc(N3CCOCC3)ccc12. The average Bonchev–Trinajstić information content (AvgIpc) is 3.63. The van der Waals surface area contributed by atoms with Gasteiger partial charge in [-0.25, -0.2) is 21.6 Å². The molecule has 0 atom stereocenters. The van der Waals surface area contributed by atoms with Gasteiger partial charge in [-0.05, 0) is 81.8 Å². The van der Waals surface area contributed by atoms with E-state index in [0.29, 0.717) is 44.1 Å². The van der Waals surface area contributed by atoms with Gasteiger partial charge in [-0.15, -0.1) is 0 Å². The number of rotatable bonds is 2. The Morgan fingerprint density at radius 1 is 0.725 bits per heavy atom. The Bertz CT molecular complexity index is 1820. The van der Waals surface area contributed by atoms with Crippen molar-refractivity contribution in [2.24, 2.45) is 0 Å². The van der Waals surface area contributed by atoms with E-state index in [-0.39, 0.29) is 28.4 Å². The molecule has 14 heteroatoms. The van der Waals surface area contributed by atoms with E-state index < -0.39 is 25.3 Å². The highest BCUT2D eigenvalue weighted by atomic mass is 32.2. The van der Waals surface area contributed by atoms with Crippen LogP contribution in [-0.2, 0) is 44.7 Å². The molecule has 12 nitrogen and oxygen atoms in total. The minimum absolute atomic E-state index is 0.0180. The third-order valence-corrected chi connectivity index (χ3v) is 14.7. The number of ether oxygens (including phenoxy) is 3. The van der Waals surface area contributed by atoms with Crippen molar-refractivity contribution in [1.29, 1.82) is 0 Å². The molecule has 0 aliphatic carbocycles. The van der Waals surface area contributed by atoms with Gasteiger partial charge in [0.25, 0.3) is 0 Å². The van der Waals surface area contributed by atoms with E-state index in [1.54, 1.807) is 4.90 Å². The van der Waals surface area contributed by atoms with Crippen LogP contribution in [0.25, 0.3) is 0 Å². The standard InChI is InChI=1S/C21H30N2O5S.C16H22N2O3S/c1-20(2,3)28-19(24)23-15-21(6-12-29(25,26)13-7-21)17-5-4-16(14-18(17)23)22-8-10-27-11-9-22;19-22(20)9-3-16(4-10-22)12-17-15-11-13(1-2-14(15)16)18-5-7-21-8-6-18/h4-5,14H,6-13,15H2,1-3H3;1-2,11,17H,3-10,12H2. The number of nitrogens with zero attached hydrogens (tertiary/aromatic N) is 3. The summed E-state index contributed by atoms with van der Waals surface area (Å²) < 4.78 is 64.1. The number of sulfone groups is 2. The molecule has 2 aromatic carbocycles. The molecule has 4 fully saturated rings. The molecule has 1 N–H and O–H groups in total. The Morgan fingerprint density at radius 3 is 1.75 bits per heavy atom. The first-order valence-corrected chi connectivity index (χ1v) is 21.9. The number of hydrogen-bond acceptors (Lipinski definition) is 11. The molecule has 0 unspecified atom stereocenters. The molecule has 1 amide bonds. The fourth-order valence-electron chi connectivity index (χ4n) is 8.41. The maximum absolute atomic E-state index is 13.0. The van der Waals surface area contributed by atoms with Crippen LogP contribution in [0.2, 0.25) is 0 Å². The van der Waals surface area contributed by atoms with Gasteiger partial charge in [-0.2, -0.15) is 0 Å². The van der Waals surface area contributed by atoms with Crippen LogP contribution in [0.1, 0.15) is 57.6 Å². The topological polar surface area (TPSA) is 135 Å². The van der Waals surface area contributed by atoms with Crippen molar-refractivity contribution in [1.82, 2.24) is 0 Å². The van der Waals surface area contributed by atoms with E-state index in [0.717, 1.165) is 75.7 Å². The first-order valence-electron chi connectivity index (χ1n) is 18.3. The second-order valence-electron chi connectivity index (χ2n) is 15.9. The zero-order valence-electron chi connectivity index (χ0n) is 30.1. The van der Waals surface area contributed by atoms with Gasteiger partial charge in [0.2, 0.25) is 0 Å². The molecular weight excluding hydrogens is 693 g/mol. The molecule has 8 rings (SSSR count). The Balaban J connectivity index is 0.000000165. The number of anilines is 4. The highest BCUT2D eigenvalue weighted by Gasteiger charge is 2.49. The third kappa shape index (κ3) is 7.70. The highest BCUT2D eigenvalue weighted by molar-refractivity contribution is 7.91. The quantitative estimate of drug-likeness (QED) is 0.476. The van der Waals surface area contributed by atoms with Crippen LogP contribution in [0.15, 0.2) is 36.4 Å². The number of hydrogen-bond donors (Lipinski definition) is 1. The largest absolute Gasteiger partial charge is 0.443 e. The first-order chi connectivity index (χ1) is 24.2. The van der Waals surface area contributed by atoms with Crippen molar-refractivity contribution >= 4 is 48.5 Å². The van der Waals surface area contributed by atoms with Crippen LogP contribution in [0, 0.1) is 0 Å². The molecule has 51 heavy (non-hydrogen) atoms. The molecule has 6 aliphatic rings. The monoisotopic (exact) mass is 744 g/mol. The summed E-state index contributed by atoms with van der Waals surface area (Å²) in [6, 6.07) is 12.8. The van der Waals surface area contributed by atoms with Crippen LogP contribution < -0.4 is 20.0 Å². The molecule has 280 valence electrons. The molecule has 0 aromatic heterocycles. The number of amides is 1. The summed E-state index contributed by atoms with van der Waals surface area (Å²) in [5, 5.41) is 3.51. The fourth-order valence-corrected chi connectivity index (χ4v) is 11.6. The maximum atomic E-state index is 13.0.